The average Bonchev–Trinajstić information content (AvgIpc) is 2.25. The van der Waals surface area contributed by atoms with Crippen LogP contribution in [0.4, 0.5) is 15.0 Å². The van der Waals surface area contributed by atoms with Crippen molar-refractivity contribution in [3.8, 4) is 0 Å². The maximum atomic E-state index is 13.1. The van der Waals surface area contributed by atoms with Gasteiger partial charge in [-0.3, -0.25) is 5.32 Å². The van der Waals surface area contributed by atoms with Crippen molar-refractivity contribution in [1.82, 2.24) is 4.98 Å². The second kappa shape index (κ2) is 6.10. The molecule has 0 aliphatic carbocycles. The average molecular weight is 332 g/mol. The number of nitrogens with zero attached hydrogens (tertiary/aromatic N) is 1. The van der Waals surface area contributed by atoms with Gasteiger partial charge in [-0.15, -0.1) is 0 Å². The Morgan fingerprint density at radius 2 is 2.16 bits per heavy atom. The fraction of sp³-hybridized carbons (Fsp3) is 0.417. The van der Waals surface area contributed by atoms with Crippen molar-refractivity contribution in [2.24, 2.45) is 0 Å². The molecule has 104 valence electrons. The Morgan fingerprint density at radius 1 is 1.53 bits per heavy atom. The molecule has 19 heavy (non-hydrogen) atoms. The second-order valence-electron chi connectivity index (χ2n) is 4.77. The highest BCUT2D eigenvalue weighted by Crippen LogP contribution is 2.16. The van der Waals surface area contributed by atoms with Gasteiger partial charge in [0.05, 0.1) is 5.71 Å². The van der Waals surface area contributed by atoms with Crippen molar-refractivity contribution >= 4 is 33.6 Å². The molecule has 1 aromatic rings. The first-order valence-electron chi connectivity index (χ1n) is 5.53. The highest BCUT2D eigenvalue weighted by Gasteiger charge is 2.19. The molecule has 0 aliphatic heterocycles. The number of alkyl halides is 1. The molecule has 0 unspecified atom stereocenters. The summed E-state index contributed by atoms with van der Waals surface area (Å²) in [6.07, 6.45) is -0.741. The zero-order valence-electron chi connectivity index (χ0n) is 10.9. The first-order valence-corrected chi connectivity index (χ1v) is 6.65. The SMILES string of the molecule is CC(C)(C)OC(=O)Nc1nc(F)ccc1C(=N)CBr. The maximum absolute atomic E-state index is 13.1. The number of carbonyl (C=O) groups excluding carboxylic acids is 1. The molecule has 0 saturated carbocycles. The van der Waals surface area contributed by atoms with E-state index in [1.807, 2.05) is 0 Å². The van der Waals surface area contributed by atoms with Gasteiger partial charge in [0, 0.05) is 10.9 Å². The molecule has 0 atom stereocenters. The molecule has 0 radical (unpaired) electrons. The largest absolute Gasteiger partial charge is 0.444 e. The molecular weight excluding hydrogens is 317 g/mol. The van der Waals surface area contributed by atoms with Gasteiger partial charge in [0.1, 0.15) is 11.4 Å². The molecule has 0 fully saturated rings. The van der Waals surface area contributed by atoms with E-state index in [0.29, 0.717) is 5.56 Å². The number of carbonyl (C=O) groups is 1. The van der Waals surface area contributed by atoms with Crippen LogP contribution in [0.5, 0.6) is 0 Å². The normalized spacial score (nSPS) is 11.0. The fourth-order valence-electron chi connectivity index (χ4n) is 1.25. The molecule has 0 aromatic carbocycles. The van der Waals surface area contributed by atoms with Gasteiger partial charge in [-0.25, -0.2) is 9.78 Å². The van der Waals surface area contributed by atoms with Gasteiger partial charge >= 0.3 is 6.09 Å². The third-order valence-electron chi connectivity index (χ3n) is 1.94. The molecule has 1 rings (SSSR count). The standard InChI is InChI=1S/C12H15BrFN3O2/c1-12(2,3)19-11(18)17-10-7(8(15)6-13)4-5-9(14)16-10/h4-5,15H,6H2,1-3H3,(H,16,17,18). The summed E-state index contributed by atoms with van der Waals surface area (Å²) in [4.78, 5) is 15.2. The molecule has 1 heterocycles. The number of ether oxygens (including phenoxy) is 1. The van der Waals surface area contributed by atoms with Crippen molar-refractivity contribution in [2.45, 2.75) is 26.4 Å². The molecule has 0 aliphatic rings. The van der Waals surface area contributed by atoms with E-state index in [4.69, 9.17) is 10.1 Å². The van der Waals surface area contributed by atoms with Crippen molar-refractivity contribution in [1.29, 1.82) is 5.41 Å². The zero-order valence-corrected chi connectivity index (χ0v) is 12.5. The number of nitrogens with one attached hydrogen (secondary N) is 2. The minimum Gasteiger partial charge on any atom is -0.444 e. The summed E-state index contributed by atoms with van der Waals surface area (Å²) in [5.41, 5.74) is -0.150. The Bertz CT molecular complexity index is 500. The summed E-state index contributed by atoms with van der Waals surface area (Å²) >= 11 is 3.13. The number of pyridine rings is 1. The summed E-state index contributed by atoms with van der Waals surface area (Å²) in [6.45, 7) is 5.15. The number of hydrogen-bond donors (Lipinski definition) is 2. The van der Waals surface area contributed by atoms with E-state index in [-0.39, 0.29) is 16.9 Å². The van der Waals surface area contributed by atoms with E-state index in [1.54, 1.807) is 20.8 Å². The molecule has 2 N–H and O–H groups in total. The van der Waals surface area contributed by atoms with Crippen molar-refractivity contribution in [3.63, 3.8) is 0 Å². The van der Waals surface area contributed by atoms with E-state index in [0.717, 1.165) is 6.07 Å². The van der Waals surface area contributed by atoms with Gasteiger partial charge in [0.2, 0.25) is 5.95 Å². The van der Waals surface area contributed by atoms with Crippen LogP contribution in [0.1, 0.15) is 26.3 Å². The summed E-state index contributed by atoms with van der Waals surface area (Å²) in [5, 5.41) is 10.3. The Labute approximate surface area is 119 Å². The van der Waals surface area contributed by atoms with Gasteiger partial charge in [-0.05, 0) is 32.9 Å². The number of halogens is 2. The van der Waals surface area contributed by atoms with Crippen LogP contribution in [-0.4, -0.2) is 27.7 Å². The van der Waals surface area contributed by atoms with Crippen LogP contribution in [0.15, 0.2) is 12.1 Å². The molecule has 1 aromatic heterocycles. The van der Waals surface area contributed by atoms with Crippen LogP contribution >= 0.6 is 15.9 Å². The first kappa shape index (κ1) is 15.6. The van der Waals surface area contributed by atoms with Gasteiger partial charge in [-0.2, -0.15) is 4.39 Å². The summed E-state index contributed by atoms with van der Waals surface area (Å²) in [7, 11) is 0. The smallest absolute Gasteiger partial charge is 0.413 e. The number of anilines is 1. The van der Waals surface area contributed by atoms with Crippen LogP contribution in [0.2, 0.25) is 0 Å². The van der Waals surface area contributed by atoms with Crippen LogP contribution in [-0.2, 0) is 4.74 Å². The third kappa shape index (κ3) is 4.94. The second-order valence-corrected chi connectivity index (χ2v) is 5.33. The summed E-state index contributed by atoms with van der Waals surface area (Å²) < 4.78 is 18.2. The highest BCUT2D eigenvalue weighted by molar-refractivity contribution is 9.09. The van der Waals surface area contributed by atoms with E-state index >= 15 is 0 Å². The molecule has 1 amide bonds. The van der Waals surface area contributed by atoms with Crippen LogP contribution < -0.4 is 5.32 Å². The van der Waals surface area contributed by atoms with Crippen molar-refractivity contribution in [3.05, 3.63) is 23.6 Å². The Morgan fingerprint density at radius 3 is 2.68 bits per heavy atom. The predicted octanol–water partition coefficient (Wildman–Crippen LogP) is 3.33. The van der Waals surface area contributed by atoms with E-state index < -0.39 is 17.6 Å². The summed E-state index contributed by atoms with van der Waals surface area (Å²) in [5.74, 6) is -0.768. The number of aromatic nitrogens is 1. The van der Waals surface area contributed by atoms with Gasteiger partial charge in [-0.1, -0.05) is 15.9 Å². The molecule has 5 nitrogen and oxygen atoms in total. The molecular formula is C12H15BrFN3O2. The maximum Gasteiger partial charge on any atom is 0.413 e. The Balaban J connectivity index is 2.96. The highest BCUT2D eigenvalue weighted by atomic mass is 79.9. The van der Waals surface area contributed by atoms with Gasteiger partial charge in [0.25, 0.3) is 0 Å². The van der Waals surface area contributed by atoms with Crippen LogP contribution in [0.25, 0.3) is 0 Å². The molecule has 0 bridgehead atoms. The van der Waals surface area contributed by atoms with Gasteiger partial charge in [0.15, 0.2) is 0 Å². The minimum atomic E-state index is -0.741. The third-order valence-corrected chi connectivity index (χ3v) is 2.50. The molecule has 0 saturated heterocycles. The number of amides is 1. The lowest BCUT2D eigenvalue weighted by molar-refractivity contribution is 0.0635. The van der Waals surface area contributed by atoms with Crippen molar-refractivity contribution < 1.29 is 13.9 Å². The lowest BCUT2D eigenvalue weighted by atomic mass is 10.2. The quantitative estimate of drug-likeness (QED) is 0.506. The van der Waals surface area contributed by atoms with Crippen LogP contribution in [0.3, 0.4) is 0 Å². The Hall–Kier alpha value is -1.50. The lowest BCUT2D eigenvalue weighted by Gasteiger charge is -2.20. The first-order chi connectivity index (χ1) is 8.73. The number of rotatable bonds is 3. The minimum absolute atomic E-state index is 0.0290. The molecule has 0 spiro atoms. The lowest BCUT2D eigenvalue weighted by Crippen LogP contribution is -2.28. The fourth-order valence-corrected chi connectivity index (χ4v) is 1.55. The van der Waals surface area contributed by atoms with Gasteiger partial charge < -0.3 is 10.1 Å². The van der Waals surface area contributed by atoms with E-state index in [9.17, 15) is 9.18 Å². The summed E-state index contributed by atoms with van der Waals surface area (Å²) in [6, 6.07) is 2.52. The monoisotopic (exact) mass is 331 g/mol. The van der Waals surface area contributed by atoms with Crippen molar-refractivity contribution in [2.75, 3.05) is 10.6 Å². The van der Waals surface area contributed by atoms with E-state index in [2.05, 4.69) is 26.2 Å². The zero-order chi connectivity index (χ0) is 14.6. The topological polar surface area (TPSA) is 75.1 Å². The molecule has 7 heteroatoms. The Kier molecular flexibility index (Phi) is 4.99. The van der Waals surface area contributed by atoms with E-state index in [1.165, 1.54) is 6.07 Å². The van der Waals surface area contributed by atoms with Crippen LogP contribution in [0, 0.1) is 11.4 Å². The predicted molar refractivity (Wildman–Crippen MR) is 74.7 cm³/mol. The number of hydrogen-bond acceptors (Lipinski definition) is 4.